The van der Waals surface area contributed by atoms with Crippen molar-refractivity contribution in [2.75, 3.05) is 0 Å². The molecule has 0 unspecified atom stereocenters. The Morgan fingerprint density at radius 2 is 2.28 bits per heavy atom. The predicted molar refractivity (Wildman–Crippen MR) is 71.3 cm³/mol. The van der Waals surface area contributed by atoms with Crippen LogP contribution in [-0.4, -0.2) is 15.3 Å². The number of pyridine rings is 1. The van der Waals surface area contributed by atoms with Gasteiger partial charge in [0.1, 0.15) is 11.3 Å². The molecule has 2 rings (SSSR count). The summed E-state index contributed by atoms with van der Waals surface area (Å²) in [5, 5.41) is 2.92. The number of carbonyl (C=O) groups is 1. The van der Waals surface area contributed by atoms with E-state index in [1.54, 1.807) is 10.6 Å². The van der Waals surface area contributed by atoms with Crippen LogP contribution in [0.15, 0.2) is 42.4 Å². The van der Waals surface area contributed by atoms with Gasteiger partial charge in [-0.1, -0.05) is 26.0 Å². The molecular weight excluding hydrogens is 226 g/mol. The largest absolute Gasteiger partial charge is 0.325 e. The quantitative estimate of drug-likeness (QED) is 0.897. The topological polar surface area (TPSA) is 46.4 Å². The van der Waals surface area contributed by atoms with Crippen molar-refractivity contribution in [2.45, 2.75) is 26.7 Å². The Hall–Kier alpha value is -2.10. The number of nitrogens with zero attached hydrogens (tertiary/aromatic N) is 2. The van der Waals surface area contributed by atoms with Gasteiger partial charge < -0.3 is 5.32 Å². The van der Waals surface area contributed by atoms with Crippen molar-refractivity contribution in [3.63, 3.8) is 0 Å². The van der Waals surface area contributed by atoms with Gasteiger partial charge in [-0.15, -0.1) is 0 Å². The lowest BCUT2D eigenvalue weighted by atomic mass is 10.2. The van der Waals surface area contributed by atoms with Gasteiger partial charge in [0.2, 0.25) is 0 Å². The third-order valence-electron chi connectivity index (χ3n) is 2.76. The number of allylic oxidation sites excluding steroid dienone is 2. The Bertz CT molecular complexity index is 583. The van der Waals surface area contributed by atoms with E-state index in [0.29, 0.717) is 5.69 Å². The standard InChI is InChI=1S/C14H17N3O/c1-3-7-11(4-2)16-14(18)12-10-15-13-8-5-6-9-17(12)13/h5-10H,3-4H2,1-2H3,(H,16,18)/b11-7+. The molecule has 0 saturated carbocycles. The van der Waals surface area contributed by atoms with Gasteiger partial charge in [0.05, 0.1) is 6.20 Å². The molecule has 94 valence electrons. The molecule has 0 spiro atoms. The van der Waals surface area contributed by atoms with E-state index in [-0.39, 0.29) is 5.91 Å². The molecule has 0 aliphatic rings. The predicted octanol–water partition coefficient (Wildman–Crippen LogP) is 2.77. The molecule has 0 atom stereocenters. The van der Waals surface area contributed by atoms with Crippen molar-refractivity contribution in [3.05, 3.63) is 48.1 Å². The highest BCUT2D eigenvalue weighted by atomic mass is 16.1. The molecule has 4 heteroatoms. The smallest absolute Gasteiger partial charge is 0.274 e. The molecule has 4 nitrogen and oxygen atoms in total. The summed E-state index contributed by atoms with van der Waals surface area (Å²) in [6.07, 6.45) is 7.20. The maximum Gasteiger partial charge on any atom is 0.274 e. The van der Waals surface area contributed by atoms with Crippen LogP contribution in [0.2, 0.25) is 0 Å². The van der Waals surface area contributed by atoms with Gasteiger partial charge in [0, 0.05) is 11.9 Å². The van der Waals surface area contributed by atoms with Gasteiger partial charge in [-0.25, -0.2) is 4.98 Å². The molecule has 0 aromatic carbocycles. The Labute approximate surface area is 106 Å². The van der Waals surface area contributed by atoms with E-state index >= 15 is 0 Å². The summed E-state index contributed by atoms with van der Waals surface area (Å²) < 4.78 is 1.79. The Kier molecular flexibility index (Phi) is 3.77. The number of hydrogen-bond acceptors (Lipinski definition) is 2. The molecular formula is C14H17N3O. The van der Waals surface area contributed by atoms with Gasteiger partial charge in [-0.3, -0.25) is 9.20 Å². The molecule has 2 heterocycles. The highest BCUT2D eigenvalue weighted by molar-refractivity contribution is 5.94. The van der Waals surface area contributed by atoms with Crippen molar-refractivity contribution in [1.82, 2.24) is 14.7 Å². The van der Waals surface area contributed by atoms with E-state index < -0.39 is 0 Å². The van der Waals surface area contributed by atoms with Crippen LogP contribution in [0, 0.1) is 0 Å². The first kappa shape index (κ1) is 12.4. The summed E-state index contributed by atoms with van der Waals surface area (Å²) in [5.74, 6) is -0.116. The van der Waals surface area contributed by atoms with Crippen molar-refractivity contribution < 1.29 is 4.79 Å². The van der Waals surface area contributed by atoms with Gasteiger partial charge >= 0.3 is 0 Å². The average molecular weight is 243 g/mol. The SMILES string of the molecule is CC/C=C(\CC)NC(=O)c1cnc2ccccn12. The fraction of sp³-hybridized carbons (Fsp3) is 0.286. The highest BCUT2D eigenvalue weighted by Crippen LogP contribution is 2.07. The second kappa shape index (κ2) is 5.49. The second-order valence-electron chi connectivity index (χ2n) is 4.02. The van der Waals surface area contributed by atoms with Crippen LogP contribution in [-0.2, 0) is 0 Å². The minimum Gasteiger partial charge on any atom is -0.325 e. The fourth-order valence-electron chi connectivity index (χ4n) is 1.84. The summed E-state index contributed by atoms with van der Waals surface area (Å²) in [6.45, 7) is 4.08. The Morgan fingerprint density at radius 3 is 3.00 bits per heavy atom. The normalized spacial score (nSPS) is 11.8. The summed E-state index contributed by atoms with van der Waals surface area (Å²) in [4.78, 5) is 16.4. The molecule has 18 heavy (non-hydrogen) atoms. The molecule has 0 radical (unpaired) electrons. The fourth-order valence-corrected chi connectivity index (χ4v) is 1.84. The van der Waals surface area contributed by atoms with Crippen LogP contribution >= 0.6 is 0 Å². The zero-order valence-electron chi connectivity index (χ0n) is 10.7. The number of fused-ring (bicyclic) bond motifs is 1. The van der Waals surface area contributed by atoms with Crippen LogP contribution in [0.25, 0.3) is 5.65 Å². The molecule has 2 aromatic rings. The maximum atomic E-state index is 12.2. The van der Waals surface area contributed by atoms with Gasteiger partial charge in [0.15, 0.2) is 0 Å². The zero-order chi connectivity index (χ0) is 13.0. The van der Waals surface area contributed by atoms with Crippen molar-refractivity contribution in [3.8, 4) is 0 Å². The second-order valence-corrected chi connectivity index (χ2v) is 4.02. The lowest BCUT2D eigenvalue weighted by molar-refractivity contribution is 0.0959. The Morgan fingerprint density at radius 1 is 1.44 bits per heavy atom. The summed E-state index contributed by atoms with van der Waals surface area (Å²) in [6, 6.07) is 5.66. The molecule has 0 saturated heterocycles. The first-order valence-electron chi connectivity index (χ1n) is 6.18. The van der Waals surface area contributed by atoms with Crippen LogP contribution in [0.5, 0.6) is 0 Å². The van der Waals surface area contributed by atoms with Crippen molar-refractivity contribution >= 4 is 11.6 Å². The van der Waals surface area contributed by atoms with E-state index in [2.05, 4.69) is 17.2 Å². The van der Waals surface area contributed by atoms with E-state index in [9.17, 15) is 4.79 Å². The molecule has 1 amide bonds. The van der Waals surface area contributed by atoms with E-state index in [0.717, 1.165) is 24.2 Å². The van der Waals surface area contributed by atoms with Gasteiger partial charge in [0.25, 0.3) is 5.91 Å². The minimum atomic E-state index is -0.116. The lowest BCUT2D eigenvalue weighted by Gasteiger charge is -2.07. The van der Waals surface area contributed by atoms with Gasteiger partial charge in [-0.2, -0.15) is 0 Å². The van der Waals surface area contributed by atoms with Gasteiger partial charge in [-0.05, 0) is 25.0 Å². The molecule has 0 fully saturated rings. The third-order valence-corrected chi connectivity index (χ3v) is 2.76. The first-order valence-corrected chi connectivity index (χ1v) is 6.18. The molecule has 0 aliphatic carbocycles. The summed E-state index contributed by atoms with van der Waals surface area (Å²) >= 11 is 0. The number of amides is 1. The van der Waals surface area contributed by atoms with Crippen LogP contribution < -0.4 is 5.32 Å². The average Bonchev–Trinajstić information content (AvgIpc) is 2.82. The maximum absolute atomic E-state index is 12.2. The summed E-state index contributed by atoms with van der Waals surface area (Å²) in [5.41, 5.74) is 2.29. The summed E-state index contributed by atoms with van der Waals surface area (Å²) in [7, 11) is 0. The van der Waals surface area contributed by atoms with E-state index in [4.69, 9.17) is 0 Å². The van der Waals surface area contributed by atoms with Crippen LogP contribution in [0.3, 0.4) is 0 Å². The van der Waals surface area contributed by atoms with E-state index in [1.807, 2.05) is 37.4 Å². The van der Waals surface area contributed by atoms with Crippen LogP contribution in [0.1, 0.15) is 37.2 Å². The number of nitrogens with one attached hydrogen (secondary N) is 1. The number of rotatable bonds is 4. The molecule has 0 bridgehead atoms. The highest BCUT2D eigenvalue weighted by Gasteiger charge is 2.11. The molecule has 2 aromatic heterocycles. The monoisotopic (exact) mass is 243 g/mol. The number of hydrogen-bond donors (Lipinski definition) is 1. The first-order chi connectivity index (χ1) is 8.76. The third kappa shape index (κ3) is 2.42. The van der Waals surface area contributed by atoms with Crippen molar-refractivity contribution in [1.29, 1.82) is 0 Å². The lowest BCUT2D eigenvalue weighted by Crippen LogP contribution is -2.23. The minimum absolute atomic E-state index is 0.116. The number of imidazole rings is 1. The van der Waals surface area contributed by atoms with E-state index in [1.165, 1.54) is 0 Å². The van der Waals surface area contributed by atoms with Crippen LogP contribution in [0.4, 0.5) is 0 Å². The number of carbonyl (C=O) groups excluding carboxylic acids is 1. The molecule has 0 aliphatic heterocycles. The Balaban J connectivity index is 2.26. The van der Waals surface area contributed by atoms with Crippen molar-refractivity contribution in [2.24, 2.45) is 0 Å². The zero-order valence-corrected chi connectivity index (χ0v) is 10.7. The molecule has 1 N–H and O–H groups in total. The number of aromatic nitrogens is 2.